The lowest BCUT2D eigenvalue weighted by Crippen LogP contribution is -2.24. The van der Waals surface area contributed by atoms with E-state index in [0.717, 1.165) is 5.56 Å². The Bertz CT molecular complexity index is 880. The molecule has 7 heteroatoms. The summed E-state index contributed by atoms with van der Waals surface area (Å²) in [6.45, 7) is 0.348. The summed E-state index contributed by atoms with van der Waals surface area (Å²) in [5.74, 6) is 0.0969. The molecule has 3 aromatic rings. The van der Waals surface area contributed by atoms with Gasteiger partial charge in [0.05, 0.1) is 18.9 Å². The van der Waals surface area contributed by atoms with E-state index in [9.17, 15) is 9.59 Å². The van der Waals surface area contributed by atoms with Gasteiger partial charge in [-0.15, -0.1) is 0 Å². The van der Waals surface area contributed by atoms with Crippen molar-refractivity contribution in [2.75, 3.05) is 7.11 Å². The average molecular weight is 338 g/mol. The molecule has 0 atom stereocenters. The van der Waals surface area contributed by atoms with Crippen LogP contribution in [0.3, 0.4) is 0 Å². The van der Waals surface area contributed by atoms with Gasteiger partial charge in [-0.3, -0.25) is 9.48 Å². The number of hydrogen-bond donors (Lipinski definition) is 1. The first-order valence-corrected chi connectivity index (χ1v) is 7.71. The van der Waals surface area contributed by atoms with E-state index in [4.69, 9.17) is 0 Å². The maximum Gasteiger partial charge on any atom is 0.337 e. The largest absolute Gasteiger partial charge is 0.465 e. The van der Waals surface area contributed by atoms with Crippen LogP contribution in [-0.2, 0) is 18.3 Å². The summed E-state index contributed by atoms with van der Waals surface area (Å²) in [4.78, 5) is 23.9. The van der Waals surface area contributed by atoms with Crippen LogP contribution in [0.4, 0.5) is 0 Å². The maximum absolute atomic E-state index is 12.5. The first-order valence-electron chi connectivity index (χ1n) is 7.71. The minimum Gasteiger partial charge on any atom is -0.465 e. The SMILES string of the molecule is COC(=O)c1ccc(CNC(=O)c2cnn(C)c2-n2cccc2)cc1. The van der Waals surface area contributed by atoms with E-state index in [1.54, 1.807) is 42.2 Å². The van der Waals surface area contributed by atoms with E-state index in [0.29, 0.717) is 23.5 Å². The number of aromatic nitrogens is 3. The maximum atomic E-state index is 12.5. The van der Waals surface area contributed by atoms with E-state index in [-0.39, 0.29) is 11.9 Å². The molecule has 128 valence electrons. The number of benzene rings is 1. The number of nitrogens with zero attached hydrogens (tertiary/aromatic N) is 3. The lowest BCUT2D eigenvalue weighted by atomic mass is 10.1. The Morgan fingerprint density at radius 3 is 2.48 bits per heavy atom. The summed E-state index contributed by atoms with van der Waals surface area (Å²) in [5, 5.41) is 7.04. The highest BCUT2D eigenvalue weighted by Crippen LogP contribution is 2.14. The van der Waals surface area contributed by atoms with Crippen molar-refractivity contribution in [1.82, 2.24) is 19.7 Å². The molecule has 0 unspecified atom stereocenters. The first kappa shape index (κ1) is 16.5. The number of methoxy groups -OCH3 is 1. The number of carbonyl (C=O) groups is 2. The molecule has 1 amide bonds. The molecule has 0 aliphatic heterocycles. The number of ether oxygens (including phenoxy) is 1. The van der Waals surface area contributed by atoms with Crippen LogP contribution < -0.4 is 5.32 Å². The third-order valence-electron chi connectivity index (χ3n) is 3.83. The second-order valence-electron chi connectivity index (χ2n) is 5.47. The third kappa shape index (κ3) is 3.45. The first-order chi connectivity index (χ1) is 12.1. The smallest absolute Gasteiger partial charge is 0.337 e. The molecule has 0 spiro atoms. The Hall–Kier alpha value is -3.35. The minimum absolute atomic E-state index is 0.214. The normalized spacial score (nSPS) is 10.5. The quantitative estimate of drug-likeness (QED) is 0.721. The van der Waals surface area contributed by atoms with Crippen molar-refractivity contribution < 1.29 is 14.3 Å². The molecule has 0 saturated carbocycles. The molecule has 0 radical (unpaired) electrons. The Morgan fingerprint density at radius 2 is 1.84 bits per heavy atom. The predicted octanol–water partition coefficient (Wildman–Crippen LogP) is 1.93. The Labute approximate surface area is 144 Å². The summed E-state index contributed by atoms with van der Waals surface area (Å²) in [5.41, 5.74) is 1.84. The zero-order chi connectivity index (χ0) is 17.8. The van der Waals surface area contributed by atoms with Gasteiger partial charge in [0, 0.05) is 26.0 Å². The van der Waals surface area contributed by atoms with Crippen molar-refractivity contribution in [2.45, 2.75) is 6.54 Å². The lowest BCUT2D eigenvalue weighted by molar-refractivity contribution is 0.0600. The highest BCUT2D eigenvalue weighted by Gasteiger charge is 2.17. The van der Waals surface area contributed by atoms with Gasteiger partial charge in [-0.1, -0.05) is 12.1 Å². The summed E-state index contributed by atoms with van der Waals surface area (Å²) in [7, 11) is 3.13. The molecule has 0 aliphatic carbocycles. The van der Waals surface area contributed by atoms with Gasteiger partial charge in [0.1, 0.15) is 11.4 Å². The molecule has 0 fully saturated rings. The van der Waals surface area contributed by atoms with Crippen LogP contribution in [0.2, 0.25) is 0 Å². The zero-order valence-electron chi connectivity index (χ0n) is 14.0. The van der Waals surface area contributed by atoms with E-state index in [2.05, 4.69) is 15.2 Å². The molecule has 1 aromatic carbocycles. The van der Waals surface area contributed by atoms with E-state index >= 15 is 0 Å². The van der Waals surface area contributed by atoms with Gasteiger partial charge in [0.25, 0.3) is 5.91 Å². The Kier molecular flexibility index (Phi) is 4.65. The monoisotopic (exact) mass is 338 g/mol. The topological polar surface area (TPSA) is 78.2 Å². The fourth-order valence-electron chi connectivity index (χ4n) is 2.53. The number of amides is 1. The van der Waals surface area contributed by atoms with Crippen molar-refractivity contribution in [2.24, 2.45) is 7.05 Å². The molecular weight excluding hydrogens is 320 g/mol. The van der Waals surface area contributed by atoms with Gasteiger partial charge in [-0.05, 0) is 29.8 Å². The van der Waals surface area contributed by atoms with E-state index < -0.39 is 0 Å². The van der Waals surface area contributed by atoms with Gasteiger partial charge in [0.2, 0.25) is 0 Å². The van der Waals surface area contributed by atoms with Gasteiger partial charge in [0.15, 0.2) is 0 Å². The van der Waals surface area contributed by atoms with E-state index in [1.807, 2.05) is 29.1 Å². The molecule has 2 heterocycles. The highest BCUT2D eigenvalue weighted by molar-refractivity contribution is 5.97. The third-order valence-corrected chi connectivity index (χ3v) is 3.83. The van der Waals surface area contributed by atoms with Crippen molar-refractivity contribution in [1.29, 1.82) is 0 Å². The van der Waals surface area contributed by atoms with Crippen molar-refractivity contribution >= 4 is 11.9 Å². The molecular formula is C18H18N4O3. The highest BCUT2D eigenvalue weighted by atomic mass is 16.5. The second kappa shape index (κ2) is 7.04. The molecule has 25 heavy (non-hydrogen) atoms. The molecule has 1 N–H and O–H groups in total. The number of carbonyl (C=O) groups excluding carboxylic acids is 2. The lowest BCUT2D eigenvalue weighted by Gasteiger charge is -2.09. The van der Waals surface area contributed by atoms with Crippen molar-refractivity contribution in [3.63, 3.8) is 0 Å². The summed E-state index contributed by atoms with van der Waals surface area (Å²) < 4.78 is 8.16. The molecule has 0 saturated heterocycles. The molecule has 0 bridgehead atoms. The summed E-state index contributed by atoms with van der Waals surface area (Å²) >= 11 is 0. The van der Waals surface area contributed by atoms with Crippen LogP contribution in [0.15, 0.2) is 55.0 Å². The van der Waals surface area contributed by atoms with Gasteiger partial charge >= 0.3 is 5.97 Å². The molecule has 3 rings (SSSR count). The number of hydrogen-bond acceptors (Lipinski definition) is 4. The van der Waals surface area contributed by atoms with E-state index in [1.165, 1.54) is 7.11 Å². The number of rotatable bonds is 5. The second-order valence-corrected chi connectivity index (χ2v) is 5.47. The van der Waals surface area contributed by atoms with Crippen molar-refractivity contribution in [3.05, 3.63) is 71.7 Å². The minimum atomic E-state index is -0.387. The number of aryl methyl sites for hydroxylation is 1. The Morgan fingerprint density at radius 1 is 1.16 bits per heavy atom. The molecule has 7 nitrogen and oxygen atoms in total. The van der Waals surface area contributed by atoms with Gasteiger partial charge in [-0.25, -0.2) is 4.79 Å². The fraction of sp³-hybridized carbons (Fsp3) is 0.167. The zero-order valence-corrected chi connectivity index (χ0v) is 14.0. The van der Waals surface area contributed by atoms with Crippen LogP contribution in [0.25, 0.3) is 5.82 Å². The number of nitrogens with one attached hydrogen (secondary N) is 1. The van der Waals surface area contributed by atoms with Crippen LogP contribution in [0.5, 0.6) is 0 Å². The van der Waals surface area contributed by atoms with Gasteiger partial charge < -0.3 is 14.6 Å². The fourth-order valence-corrected chi connectivity index (χ4v) is 2.53. The van der Waals surface area contributed by atoms with Crippen LogP contribution >= 0.6 is 0 Å². The van der Waals surface area contributed by atoms with Crippen molar-refractivity contribution in [3.8, 4) is 5.82 Å². The molecule has 0 aliphatic rings. The van der Waals surface area contributed by atoms with Gasteiger partial charge in [-0.2, -0.15) is 5.10 Å². The number of esters is 1. The van der Waals surface area contributed by atoms with Crippen LogP contribution in [-0.4, -0.2) is 33.3 Å². The van der Waals surface area contributed by atoms with Crippen LogP contribution in [0.1, 0.15) is 26.3 Å². The standard InChI is InChI=1S/C18H18N4O3/c1-21-17(22-9-3-4-10-22)15(12-20-21)16(23)19-11-13-5-7-14(8-6-13)18(24)25-2/h3-10,12H,11H2,1-2H3,(H,19,23). The predicted molar refractivity (Wildman–Crippen MR) is 91.5 cm³/mol. The summed E-state index contributed by atoms with van der Waals surface area (Å²) in [6, 6.07) is 10.7. The molecule has 2 aromatic heterocycles. The van der Waals surface area contributed by atoms with Crippen LogP contribution in [0, 0.1) is 0 Å². The summed E-state index contributed by atoms with van der Waals surface area (Å²) in [6.07, 6.45) is 5.27. The Balaban J connectivity index is 1.71. The average Bonchev–Trinajstić information content (AvgIpc) is 3.28.